The Bertz CT molecular complexity index is 1020. The lowest BCUT2D eigenvalue weighted by Crippen LogP contribution is -2.26. The van der Waals surface area contributed by atoms with E-state index in [0.717, 1.165) is 11.1 Å². The molecule has 0 N–H and O–H groups in total. The molecule has 0 aliphatic carbocycles. The summed E-state index contributed by atoms with van der Waals surface area (Å²) >= 11 is 0. The summed E-state index contributed by atoms with van der Waals surface area (Å²) in [5.74, 6) is 0.366. The van der Waals surface area contributed by atoms with Crippen LogP contribution in [0.5, 0.6) is 11.5 Å². The first-order chi connectivity index (χ1) is 13.1. The number of carbonyl (C=O) groups excluding carboxylic acids is 1. The summed E-state index contributed by atoms with van der Waals surface area (Å²) < 4.78 is 17.0. The number of hydrogen-bond donors (Lipinski definition) is 0. The molecule has 3 aromatic rings. The van der Waals surface area contributed by atoms with Gasteiger partial charge >= 0.3 is 5.97 Å². The van der Waals surface area contributed by atoms with Gasteiger partial charge in [0, 0.05) is 0 Å². The molecule has 8 heteroatoms. The van der Waals surface area contributed by atoms with E-state index in [-0.39, 0.29) is 17.9 Å². The van der Waals surface area contributed by atoms with Gasteiger partial charge < -0.3 is 14.2 Å². The number of carbonyl (C=O) groups is 1. The topological polar surface area (TPSA) is 92.5 Å². The van der Waals surface area contributed by atoms with Crippen molar-refractivity contribution in [2.45, 2.75) is 20.1 Å². The second-order valence-electron chi connectivity index (χ2n) is 5.69. The van der Waals surface area contributed by atoms with Crippen molar-refractivity contribution in [1.82, 2.24) is 15.0 Å². The number of nitrogens with zero attached hydrogens (tertiary/aromatic N) is 3. The van der Waals surface area contributed by atoms with E-state index >= 15 is 0 Å². The monoisotopic (exact) mass is 369 g/mol. The molecule has 140 valence electrons. The number of hydrogen-bond acceptors (Lipinski definition) is 7. The van der Waals surface area contributed by atoms with Gasteiger partial charge in [0.2, 0.25) is 0 Å². The van der Waals surface area contributed by atoms with Gasteiger partial charge in [0.25, 0.3) is 5.56 Å². The second kappa shape index (κ2) is 8.31. The van der Waals surface area contributed by atoms with Crippen molar-refractivity contribution in [1.29, 1.82) is 0 Å². The fourth-order valence-corrected chi connectivity index (χ4v) is 2.44. The quantitative estimate of drug-likeness (QED) is 0.590. The largest absolute Gasteiger partial charge is 0.493 e. The maximum absolute atomic E-state index is 12.4. The van der Waals surface area contributed by atoms with Gasteiger partial charge in [-0.15, -0.1) is 5.10 Å². The van der Waals surface area contributed by atoms with Gasteiger partial charge in [-0.3, -0.25) is 4.79 Å². The summed E-state index contributed by atoms with van der Waals surface area (Å²) in [6.07, 6.45) is 0.856. The lowest BCUT2D eigenvalue weighted by molar-refractivity contribution is 0.0335. The van der Waals surface area contributed by atoms with E-state index in [2.05, 4.69) is 10.3 Å². The van der Waals surface area contributed by atoms with Crippen LogP contribution in [0.2, 0.25) is 0 Å². The lowest BCUT2D eigenvalue weighted by atomic mass is 10.2. The Morgan fingerprint density at radius 2 is 1.96 bits per heavy atom. The zero-order chi connectivity index (χ0) is 19.2. The van der Waals surface area contributed by atoms with Crippen molar-refractivity contribution in [3.8, 4) is 11.5 Å². The summed E-state index contributed by atoms with van der Waals surface area (Å²) in [5.41, 5.74) is 0.379. The van der Waals surface area contributed by atoms with Crippen LogP contribution in [0.25, 0.3) is 10.9 Å². The predicted molar refractivity (Wildman–Crippen MR) is 98.0 cm³/mol. The van der Waals surface area contributed by atoms with E-state index < -0.39 is 5.97 Å². The molecule has 0 saturated carbocycles. The summed E-state index contributed by atoms with van der Waals surface area (Å²) in [5, 5.41) is 8.14. The summed E-state index contributed by atoms with van der Waals surface area (Å²) in [6, 6.07) is 11.6. The molecule has 0 bridgehead atoms. The third-order valence-corrected chi connectivity index (χ3v) is 3.81. The van der Waals surface area contributed by atoms with Gasteiger partial charge in [-0.2, -0.15) is 4.68 Å². The number of methoxy groups -OCH3 is 1. The van der Waals surface area contributed by atoms with Crippen LogP contribution < -0.4 is 15.0 Å². The average Bonchev–Trinajstić information content (AvgIpc) is 2.71. The second-order valence-corrected chi connectivity index (χ2v) is 5.69. The summed E-state index contributed by atoms with van der Waals surface area (Å²) in [4.78, 5) is 24.7. The Balaban J connectivity index is 1.74. The Morgan fingerprint density at radius 3 is 2.74 bits per heavy atom. The van der Waals surface area contributed by atoms with Crippen molar-refractivity contribution < 1.29 is 19.0 Å². The van der Waals surface area contributed by atoms with Gasteiger partial charge in [-0.25, -0.2) is 4.79 Å². The highest BCUT2D eigenvalue weighted by Gasteiger charge is 2.14. The smallest absolute Gasteiger partial charge is 0.340 e. The normalized spacial score (nSPS) is 10.6. The summed E-state index contributed by atoms with van der Waals surface area (Å²) in [7, 11) is 1.49. The Hall–Kier alpha value is -3.42. The number of ether oxygens (including phenoxy) is 3. The first kappa shape index (κ1) is 18.4. The van der Waals surface area contributed by atoms with Crippen LogP contribution in [-0.2, 0) is 11.5 Å². The molecule has 0 atom stereocenters. The highest BCUT2D eigenvalue weighted by molar-refractivity contribution is 5.90. The fourth-order valence-electron chi connectivity index (χ4n) is 2.44. The van der Waals surface area contributed by atoms with Crippen molar-refractivity contribution in [3.05, 3.63) is 58.4 Å². The fraction of sp³-hybridized carbons (Fsp3) is 0.263. The maximum Gasteiger partial charge on any atom is 0.340 e. The molecule has 3 rings (SSSR count). The molecule has 0 aliphatic rings. The average molecular weight is 369 g/mol. The SMILES string of the molecule is CCCOc1ccc(C(=O)OCn2nnc3ccccc3c2=O)cc1OC. The van der Waals surface area contributed by atoms with Crippen molar-refractivity contribution in [3.63, 3.8) is 0 Å². The molecule has 0 fully saturated rings. The molecule has 0 unspecified atom stereocenters. The molecule has 0 spiro atoms. The molecule has 27 heavy (non-hydrogen) atoms. The standard InChI is InChI=1S/C19H19N3O5/c1-3-10-26-16-9-8-13(11-17(16)25-2)19(24)27-12-22-18(23)14-6-4-5-7-15(14)20-21-22/h4-9,11H,3,10,12H2,1-2H3. The molecule has 1 heterocycles. The van der Waals surface area contributed by atoms with E-state index in [4.69, 9.17) is 14.2 Å². The number of fused-ring (bicyclic) bond motifs is 1. The number of benzene rings is 2. The molecule has 2 aromatic carbocycles. The van der Waals surface area contributed by atoms with Gasteiger partial charge in [0.15, 0.2) is 18.2 Å². The number of esters is 1. The summed E-state index contributed by atoms with van der Waals surface area (Å²) in [6.45, 7) is 2.20. The predicted octanol–water partition coefficient (Wildman–Crippen LogP) is 2.40. The zero-order valence-electron chi connectivity index (χ0n) is 15.0. The minimum absolute atomic E-state index is 0.275. The van der Waals surface area contributed by atoms with Gasteiger partial charge in [0.05, 0.1) is 24.7 Å². The Morgan fingerprint density at radius 1 is 1.15 bits per heavy atom. The number of rotatable bonds is 7. The molecule has 8 nitrogen and oxygen atoms in total. The third-order valence-electron chi connectivity index (χ3n) is 3.81. The Kier molecular flexibility index (Phi) is 5.65. The molecule has 0 saturated heterocycles. The minimum atomic E-state index is -0.614. The van der Waals surface area contributed by atoms with Crippen LogP contribution in [0.1, 0.15) is 23.7 Å². The first-order valence-corrected chi connectivity index (χ1v) is 8.44. The third kappa shape index (κ3) is 4.05. The van der Waals surface area contributed by atoms with Crippen molar-refractivity contribution in [2.75, 3.05) is 13.7 Å². The minimum Gasteiger partial charge on any atom is -0.493 e. The van der Waals surface area contributed by atoms with Crippen LogP contribution in [0.4, 0.5) is 0 Å². The first-order valence-electron chi connectivity index (χ1n) is 8.44. The van der Waals surface area contributed by atoms with E-state index in [1.807, 2.05) is 6.92 Å². The van der Waals surface area contributed by atoms with Gasteiger partial charge in [0.1, 0.15) is 5.52 Å². The van der Waals surface area contributed by atoms with Gasteiger partial charge in [-0.05, 0) is 36.8 Å². The van der Waals surface area contributed by atoms with Crippen molar-refractivity contribution >= 4 is 16.9 Å². The van der Waals surface area contributed by atoms with E-state index in [1.54, 1.807) is 36.4 Å². The van der Waals surface area contributed by atoms with E-state index in [1.165, 1.54) is 13.2 Å². The van der Waals surface area contributed by atoms with Crippen molar-refractivity contribution in [2.24, 2.45) is 0 Å². The Labute approximate surface area is 155 Å². The van der Waals surface area contributed by atoms with Crippen LogP contribution in [-0.4, -0.2) is 34.7 Å². The molecular weight excluding hydrogens is 350 g/mol. The van der Waals surface area contributed by atoms with Crippen LogP contribution in [0.3, 0.4) is 0 Å². The molecule has 0 amide bonds. The highest BCUT2D eigenvalue weighted by atomic mass is 16.5. The van der Waals surface area contributed by atoms with E-state index in [0.29, 0.717) is 29.0 Å². The molecular formula is C19H19N3O5. The van der Waals surface area contributed by atoms with Gasteiger partial charge in [-0.1, -0.05) is 24.3 Å². The molecule has 1 aromatic heterocycles. The van der Waals surface area contributed by atoms with Crippen LogP contribution >= 0.6 is 0 Å². The van der Waals surface area contributed by atoms with Crippen LogP contribution in [0, 0.1) is 0 Å². The van der Waals surface area contributed by atoms with Crippen LogP contribution in [0.15, 0.2) is 47.3 Å². The maximum atomic E-state index is 12.4. The molecule has 0 radical (unpaired) electrons. The zero-order valence-corrected chi connectivity index (χ0v) is 15.0. The lowest BCUT2D eigenvalue weighted by Gasteiger charge is -2.11. The number of aromatic nitrogens is 3. The van der Waals surface area contributed by atoms with E-state index in [9.17, 15) is 9.59 Å². The molecule has 0 aliphatic heterocycles. The highest BCUT2D eigenvalue weighted by Crippen LogP contribution is 2.28.